The third-order valence-corrected chi connectivity index (χ3v) is 3.84. The number of aromatic nitrogens is 3. The molecule has 0 unspecified atom stereocenters. The molecule has 0 bridgehead atoms. The van der Waals surface area contributed by atoms with E-state index in [1.54, 1.807) is 12.6 Å². The van der Waals surface area contributed by atoms with Gasteiger partial charge in [0, 0.05) is 13.1 Å². The number of aromatic amines is 1. The fraction of sp³-hybridized carbons (Fsp3) is 0.333. The van der Waals surface area contributed by atoms with E-state index in [4.69, 9.17) is 4.42 Å². The van der Waals surface area contributed by atoms with E-state index in [1.807, 2.05) is 18.2 Å². The van der Waals surface area contributed by atoms with Gasteiger partial charge in [-0.25, -0.2) is 9.97 Å². The van der Waals surface area contributed by atoms with E-state index in [0.717, 1.165) is 41.4 Å². The fourth-order valence-corrected chi connectivity index (χ4v) is 2.84. The highest BCUT2D eigenvalue weighted by molar-refractivity contribution is 5.90. The largest absolute Gasteiger partial charge is 0.463 e. The van der Waals surface area contributed by atoms with Crippen molar-refractivity contribution in [2.75, 3.05) is 18.0 Å². The van der Waals surface area contributed by atoms with Gasteiger partial charge in [-0.15, -0.1) is 12.4 Å². The van der Waals surface area contributed by atoms with Crippen LogP contribution in [0.5, 0.6) is 0 Å². The molecule has 4 heterocycles. The van der Waals surface area contributed by atoms with E-state index in [1.165, 1.54) is 19.3 Å². The second-order valence-electron chi connectivity index (χ2n) is 5.17. The standard InChI is InChI=1S/C15H16N4O.ClH/c1-2-6-19(7-3-1)15-14-12(16-10-17-15)9-11(18-14)13-5-4-8-20-13;/h4-5,8-10,18H,1-3,6-7H2;1H. The predicted molar refractivity (Wildman–Crippen MR) is 84.9 cm³/mol. The Morgan fingerprint density at radius 2 is 2.00 bits per heavy atom. The van der Waals surface area contributed by atoms with E-state index in [9.17, 15) is 0 Å². The van der Waals surface area contributed by atoms with Gasteiger partial charge in [0.15, 0.2) is 5.82 Å². The van der Waals surface area contributed by atoms with Crippen LogP contribution in [0.15, 0.2) is 35.2 Å². The lowest BCUT2D eigenvalue weighted by molar-refractivity contribution is 0.574. The first-order chi connectivity index (χ1) is 9.92. The molecule has 1 N–H and O–H groups in total. The highest BCUT2D eigenvalue weighted by Gasteiger charge is 2.17. The molecule has 0 radical (unpaired) electrons. The van der Waals surface area contributed by atoms with Crippen molar-refractivity contribution >= 4 is 29.3 Å². The number of hydrogen-bond acceptors (Lipinski definition) is 4. The van der Waals surface area contributed by atoms with Crippen molar-refractivity contribution < 1.29 is 4.42 Å². The van der Waals surface area contributed by atoms with Gasteiger partial charge >= 0.3 is 0 Å². The third kappa shape index (κ3) is 2.49. The summed E-state index contributed by atoms with van der Waals surface area (Å²) in [6, 6.07) is 5.85. The van der Waals surface area contributed by atoms with Crippen LogP contribution in [0.3, 0.4) is 0 Å². The maximum atomic E-state index is 5.44. The second kappa shape index (κ2) is 5.77. The fourth-order valence-electron chi connectivity index (χ4n) is 2.84. The summed E-state index contributed by atoms with van der Waals surface area (Å²) in [5.41, 5.74) is 2.89. The Bertz CT molecular complexity index is 716. The molecular weight excluding hydrogens is 288 g/mol. The van der Waals surface area contributed by atoms with Crippen LogP contribution in [0.25, 0.3) is 22.5 Å². The summed E-state index contributed by atoms with van der Waals surface area (Å²) in [5.74, 6) is 1.83. The number of furan rings is 1. The zero-order chi connectivity index (χ0) is 13.4. The van der Waals surface area contributed by atoms with E-state index >= 15 is 0 Å². The smallest absolute Gasteiger partial charge is 0.156 e. The molecule has 0 aliphatic carbocycles. The summed E-state index contributed by atoms with van der Waals surface area (Å²) >= 11 is 0. The molecular formula is C15H17ClN4O. The van der Waals surface area contributed by atoms with Crippen molar-refractivity contribution in [2.45, 2.75) is 19.3 Å². The zero-order valence-electron chi connectivity index (χ0n) is 11.6. The van der Waals surface area contributed by atoms with Crippen molar-refractivity contribution in [2.24, 2.45) is 0 Å². The number of hydrogen-bond donors (Lipinski definition) is 1. The molecule has 4 rings (SSSR count). The van der Waals surface area contributed by atoms with Gasteiger partial charge in [-0.1, -0.05) is 0 Å². The summed E-state index contributed by atoms with van der Waals surface area (Å²) < 4.78 is 5.44. The average Bonchev–Trinajstić information content (AvgIpc) is 3.16. The van der Waals surface area contributed by atoms with Crippen molar-refractivity contribution in [1.29, 1.82) is 0 Å². The molecule has 0 amide bonds. The lowest BCUT2D eigenvalue weighted by Crippen LogP contribution is -2.30. The van der Waals surface area contributed by atoms with Crippen LogP contribution in [0.1, 0.15) is 19.3 Å². The number of nitrogens with zero attached hydrogens (tertiary/aromatic N) is 3. The molecule has 5 nitrogen and oxygen atoms in total. The van der Waals surface area contributed by atoms with Crippen molar-refractivity contribution in [1.82, 2.24) is 15.0 Å². The minimum Gasteiger partial charge on any atom is -0.463 e. The topological polar surface area (TPSA) is 58.0 Å². The highest BCUT2D eigenvalue weighted by Crippen LogP contribution is 2.29. The summed E-state index contributed by atoms with van der Waals surface area (Å²) in [6.45, 7) is 2.14. The minimum atomic E-state index is 0. The molecule has 0 saturated carbocycles. The van der Waals surface area contributed by atoms with Crippen molar-refractivity contribution in [3.05, 3.63) is 30.8 Å². The Balaban J connectivity index is 0.00000132. The second-order valence-corrected chi connectivity index (χ2v) is 5.17. The summed E-state index contributed by atoms with van der Waals surface area (Å²) in [4.78, 5) is 14.6. The molecule has 1 aliphatic rings. The lowest BCUT2D eigenvalue weighted by Gasteiger charge is -2.27. The zero-order valence-corrected chi connectivity index (χ0v) is 12.4. The molecule has 3 aromatic heterocycles. The Kier molecular flexibility index (Phi) is 3.84. The molecule has 3 aromatic rings. The molecule has 1 saturated heterocycles. The maximum Gasteiger partial charge on any atom is 0.156 e. The highest BCUT2D eigenvalue weighted by atomic mass is 35.5. The Morgan fingerprint density at radius 1 is 1.14 bits per heavy atom. The van der Waals surface area contributed by atoms with Crippen LogP contribution < -0.4 is 4.90 Å². The molecule has 1 fully saturated rings. The van der Waals surface area contributed by atoms with Crippen LogP contribution in [-0.4, -0.2) is 28.0 Å². The number of rotatable bonds is 2. The quantitative estimate of drug-likeness (QED) is 0.785. The molecule has 110 valence electrons. The Hall–Kier alpha value is -2.01. The van der Waals surface area contributed by atoms with Gasteiger partial charge in [-0.2, -0.15) is 0 Å². The Labute approximate surface area is 128 Å². The van der Waals surface area contributed by atoms with E-state index in [0.29, 0.717) is 0 Å². The minimum absolute atomic E-state index is 0. The molecule has 0 atom stereocenters. The predicted octanol–water partition coefficient (Wildman–Crippen LogP) is 3.63. The van der Waals surface area contributed by atoms with Crippen LogP contribution in [0, 0.1) is 0 Å². The van der Waals surface area contributed by atoms with Gasteiger partial charge in [0.1, 0.15) is 17.6 Å². The molecule has 0 aromatic carbocycles. The van der Waals surface area contributed by atoms with Crippen molar-refractivity contribution in [3.8, 4) is 11.5 Å². The molecule has 21 heavy (non-hydrogen) atoms. The first-order valence-corrected chi connectivity index (χ1v) is 7.04. The first-order valence-electron chi connectivity index (χ1n) is 7.04. The van der Waals surface area contributed by atoms with E-state index in [2.05, 4.69) is 19.9 Å². The SMILES string of the molecule is Cl.c1coc(-c2cc3ncnc(N4CCCCC4)c3[nH]2)c1. The van der Waals surface area contributed by atoms with Gasteiger partial charge in [0.05, 0.1) is 17.5 Å². The maximum absolute atomic E-state index is 5.44. The van der Waals surface area contributed by atoms with E-state index < -0.39 is 0 Å². The van der Waals surface area contributed by atoms with Crippen LogP contribution in [0.2, 0.25) is 0 Å². The van der Waals surface area contributed by atoms with Crippen LogP contribution in [-0.2, 0) is 0 Å². The molecule has 1 aliphatic heterocycles. The monoisotopic (exact) mass is 304 g/mol. The van der Waals surface area contributed by atoms with Gasteiger partial charge in [0.2, 0.25) is 0 Å². The molecule has 6 heteroatoms. The third-order valence-electron chi connectivity index (χ3n) is 3.84. The van der Waals surface area contributed by atoms with E-state index in [-0.39, 0.29) is 12.4 Å². The normalized spacial score (nSPS) is 15.1. The van der Waals surface area contributed by atoms with Gasteiger partial charge in [-0.05, 0) is 37.5 Å². The van der Waals surface area contributed by atoms with Crippen LogP contribution >= 0.6 is 12.4 Å². The number of fused-ring (bicyclic) bond motifs is 1. The summed E-state index contributed by atoms with van der Waals surface area (Å²) in [5, 5.41) is 0. The van der Waals surface area contributed by atoms with Crippen LogP contribution in [0.4, 0.5) is 5.82 Å². The number of halogens is 1. The summed E-state index contributed by atoms with van der Waals surface area (Å²) in [7, 11) is 0. The first kappa shape index (κ1) is 13.9. The van der Waals surface area contributed by atoms with Gasteiger partial charge in [0.25, 0.3) is 0 Å². The van der Waals surface area contributed by atoms with Gasteiger partial charge in [-0.3, -0.25) is 0 Å². The van der Waals surface area contributed by atoms with Gasteiger partial charge < -0.3 is 14.3 Å². The number of piperidine rings is 1. The Morgan fingerprint density at radius 3 is 2.76 bits per heavy atom. The number of anilines is 1. The van der Waals surface area contributed by atoms with Crippen molar-refractivity contribution in [3.63, 3.8) is 0 Å². The average molecular weight is 305 g/mol. The summed E-state index contributed by atoms with van der Waals surface area (Å²) in [6.07, 6.45) is 7.10. The number of nitrogens with one attached hydrogen (secondary N) is 1. The number of H-pyrrole nitrogens is 1. The molecule has 0 spiro atoms. The lowest BCUT2D eigenvalue weighted by atomic mass is 10.1.